The van der Waals surface area contributed by atoms with Gasteiger partial charge in [0.1, 0.15) is 17.9 Å². The fourth-order valence-electron chi connectivity index (χ4n) is 3.40. The van der Waals surface area contributed by atoms with Crippen LogP contribution < -0.4 is 5.32 Å². The first kappa shape index (κ1) is 12.1. The van der Waals surface area contributed by atoms with E-state index >= 15 is 0 Å². The number of anilines is 1. The first-order valence-electron chi connectivity index (χ1n) is 7.13. The van der Waals surface area contributed by atoms with Gasteiger partial charge in [0.2, 0.25) is 0 Å². The summed E-state index contributed by atoms with van der Waals surface area (Å²) in [6, 6.07) is 2.19. The van der Waals surface area contributed by atoms with E-state index in [1.165, 1.54) is 5.56 Å². The van der Waals surface area contributed by atoms with Crippen molar-refractivity contribution in [3.05, 3.63) is 23.7 Å². The van der Waals surface area contributed by atoms with Gasteiger partial charge in [-0.15, -0.1) is 0 Å². The van der Waals surface area contributed by atoms with Crippen LogP contribution in [0.15, 0.2) is 12.4 Å². The van der Waals surface area contributed by atoms with Crippen LogP contribution in [-0.2, 0) is 11.2 Å². The molecule has 0 aromatic carbocycles. The average Bonchev–Trinajstić information content (AvgIpc) is 3.02. The SMILES string of the molecule is C[C@H]1C[C@@H](CO)O[C@H]1c1cc2c3c(ncnn13)NCC2. The Morgan fingerprint density at radius 1 is 1.55 bits per heavy atom. The number of hydrogen-bond donors (Lipinski definition) is 2. The summed E-state index contributed by atoms with van der Waals surface area (Å²) in [5.41, 5.74) is 3.42. The molecule has 2 N–H and O–H groups in total. The molecule has 0 unspecified atom stereocenters. The zero-order chi connectivity index (χ0) is 13.7. The van der Waals surface area contributed by atoms with Crippen molar-refractivity contribution in [3.8, 4) is 0 Å². The molecule has 1 fully saturated rings. The molecule has 0 aliphatic carbocycles. The minimum absolute atomic E-state index is 0.00532. The summed E-state index contributed by atoms with van der Waals surface area (Å²) in [5, 5.41) is 17.0. The lowest BCUT2D eigenvalue weighted by atomic mass is 9.99. The van der Waals surface area contributed by atoms with Crippen molar-refractivity contribution in [1.82, 2.24) is 14.6 Å². The molecule has 2 aromatic heterocycles. The molecule has 2 aliphatic rings. The Morgan fingerprint density at radius 3 is 3.25 bits per heavy atom. The third kappa shape index (κ3) is 1.65. The van der Waals surface area contributed by atoms with Gasteiger partial charge >= 0.3 is 0 Å². The van der Waals surface area contributed by atoms with Gasteiger partial charge in [-0.1, -0.05) is 6.92 Å². The highest BCUT2D eigenvalue weighted by molar-refractivity contribution is 5.75. The van der Waals surface area contributed by atoms with Gasteiger partial charge in [0.25, 0.3) is 0 Å². The predicted molar refractivity (Wildman–Crippen MR) is 73.7 cm³/mol. The van der Waals surface area contributed by atoms with Gasteiger partial charge in [-0.3, -0.25) is 0 Å². The second-order valence-electron chi connectivity index (χ2n) is 5.71. The first-order chi connectivity index (χ1) is 9.78. The van der Waals surface area contributed by atoms with Crippen molar-refractivity contribution in [1.29, 1.82) is 0 Å². The Morgan fingerprint density at radius 2 is 2.45 bits per heavy atom. The maximum Gasteiger partial charge on any atom is 0.154 e. The molecule has 6 nitrogen and oxygen atoms in total. The van der Waals surface area contributed by atoms with Crippen molar-refractivity contribution in [2.45, 2.75) is 32.0 Å². The zero-order valence-electron chi connectivity index (χ0n) is 11.4. The summed E-state index contributed by atoms with van der Waals surface area (Å²) in [6.07, 6.45) is 3.38. The molecular formula is C14H18N4O2. The number of aliphatic hydroxyl groups is 1. The lowest BCUT2D eigenvalue weighted by molar-refractivity contribution is 0.00256. The lowest BCUT2D eigenvalue weighted by Crippen LogP contribution is -2.15. The van der Waals surface area contributed by atoms with E-state index in [1.807, 2.05) is 4.52 Å². The molecule has 0 bridgehead atoms. The van der Waals surface area contributed by atoms with Crippen molar-refractivity contribution in [3.63, 3.8) is 0 Å². The average molecular weight is 274 g/mol. The molecule has 4 rings (SSSR count). The number of aromatic nitrogens is 3. The van der Waals surface area contributed by atoms with Gasteiger partial charge in [-0.2, -0.15) is 5.10 Å². The van der Waals surface area contributed by atoms with Crippen LogP contribution in [0, 0.1) is 5.92 Å². The summed E-state index contributed by atoms with van der Waals surface area (Å²) >= 11 is 0. The zero-order valence-corrected chi connectivity index (χ0v) is 11.4. The molecule has 0 saturated carbocycles. The van der Waals surface area contributed by atoms with E-state index < -0.39 is 0 Å². The topological polar surface area (TPSA) is 71.7 Å². The Balaban J connectivity index is 1.84. The Kier molecular flexibility index (Phi) is 2.68. The molecule has 106 valence electrons. The molecule has 3 atom stereocenters. The molecule has 0 spiro atoms. The van der Waals surface area contributed by atoms with Crippen LogP contribution in [0.2, 0.25) is 0 Å². The van der Waals surface area contributed by atoms with Crippen LogP contribution in [0.25, 0.3) is 5.52 Å². The van der Waals surface area contributed by atoms with Crippen LogP contribution >= 0.6 is 0 Å². The van der Waals surface area contributed by atoms with Crippen molar-refractivity contribution >= 4 is 11.3 Å². The highest BCUT2D eigenvalue weighted by atomic mass is 16.5. The maximum atomic E-state index is 9.30. The molecule has 0 radical (unpaired) electrons. The maximum absolute atomic E-state index is 9.30. The molecular weight excluding hydrogens is 256 g/mol. The number of aliphatic hydroxyl groups excluding tert-OH is 1. The smallest absolute Gasteiger partial charge is 0.154 e. The number of hydrogen-bond acceptors (Lipinski definition) is 5. The quantitative estimate of drug-likeness (QED) is 0.859. The van der Waals surface area contributed by atoms with E-state index in [1.54, 1.807) is 6.33 Å². The lowest BCUT2D eigenvalue weighted by Gasteiger charge is -2.16. The van der Waals surface area contributed by atoms with Crippen LogP contribution in [0.4, 0.5) is 5.82 Å². The number of nitrogens with one attached hydrogen (secondary N) is 1. The van der Waals surface area contributed by atoms with Crippen LogP contribution in [0.5, 0.6) is 0 Å². The summed E-state index contributed by atoms with van der Waals surface area (Å²) in [7, 11) is 0. The van der Waals surface area contributed by atoms with Gasteiger partial charge in [0.15, 0.2) is 5.82 Å². The largest absolute Gasteiger partial charge is 0.394 e. The van der Waals surface area contributed by atoms with Gasteiger partial charge in [-0.05, 0) is 30.4 Å². The fraction of sp³-hybridized carbons (Fsp3) is 0.571. The first-order valence-corrected chi connectivity index (χ1v) is 7.13. The molecule has 20 heavy (non-hydrogen) atoms. The minimum atomic E-state index is -0.0615. The number of nitrogens with zero attached hydrogens (tertiary/aromatic N) is 3. The predicted octanol–water partition coefficient (Wildman–Crippen LogP) is 1.16. The summed E-state index contributed by atoms with van der Waals surface area (Å²) < 4.78 is 7.93. The molecule has 1 saturated heterocycles. The van der Waals surface area contributed by atoms with Crippen molar-refractivity contribution in [2.75, 3.05) is 18.5 Å². The second kappa shape index (κ2) is 4.43. The van der Waals surface area contributed by atoms with E-state index in [-0.39, 0.29) is 18.8 Å². The van der Waals surface area contributed by atoms with Gasteiger partial charge in [-0.25, -0.2) is 9.50 Å². The molecule has 2 aromatic rings. The van der Waals surface area contributed by atoms with Gasteiger partial charge in [0, 0.05) is 6.54 Å². The van der Waals surface area contributed by atoms with Crippen LogP contribution in [0.3, 0.4) is 0 Å². The van der Waals surface area contributed by atoms with E-state index in [0.717, 1.165) is 36.4 Å². The van der Waals surface area contributed by atoms with Crippen molar-refractivity contribution < 1.29 is 9.84 Å². The summed E-state index contributed by atoms with van der Waals surface area (Å²) in [6.45, 7) is 3.15. The van der Waals surface area contributed by atoms with Crippen LogP contribution in [-0.4, -0.2) is 39.0 Å². The summed E-state index contributed by atoms with van der Waals surface area (Å²) in [4.78, 5) is 4.30. The molecule has 4 heterocycles. The Bertz CT molecular complexity index is 654. The van der Waals surface area contributed by atoms with Gasteiger partial charge in [0.05, 0.1) is 18.4 Å². The standard InChI is InChI=1S/C14H18N4O2/c1-8-4-10(6-19)20-13(8)11-5-9-2-3-15-14-12(9)18(11)17-7-16-14/h5,7-8,10,13,19H,2-4,6H2,1H3,(H,15,16,17)/t8-,10-,13+/m0/s1. The number of ether oxygens (including phenoxy) is 1. The third-order valence-electron chi connectivity index (χ3n) is 4.33. The normalized spacial score (nSPS) is 28.8. The van der Waals surface area contributed by atoms with Gasteiger partial charge < -0.3 is 15.2 Å². The molecule has 0 amide bonds. The Labute approximate surface area is 116 Å². The second-order valence-corrected chi connectivity index (χ2v) is 5.71. The number of rotatable bonds is 2. The van der Waals surface area contributed by atoms with E-state index in [0.29, 0.717) is 5.92 Å². The Hall–Kier alpha value is -1.66. The molecule has 2 aliphatic heterocycles. The third-order valence-corrected chi connectivity index (χ3v) is 4.33. The van der Waals surface area contributed by atoms with Crippen LogP contribution in [0.1, 0.15) is 30.7 Å². The highest BCUT2D eigenvalue weighted by Crippen LogP contribution is 2.40. The molecule has 6 heteroatoms. The van der Waals surface area contributed by atoms with Crippen molar-refractivity contribution in [2.24, 2.45) is 5.92 Å². The fourth-order valence-corrected chi connectivity index (χ4v) is 3.40. The van der Waals surface area contributed by atoms with E-state index in [9.17, 15) is 5.11 Å². The minimum Gasteiger partial charge on any atom is -0.394 e. The monoisotopic (exact) mass is 274 g/mol. The van der Waals surface area contributed by atoms with E-state index in [2.05, 4.69) is 28.4 Å². The highest BCUT2D eigenvalue weighted by Gasteiger charge is 2.35. The van der Waals surface area contributed by atoms with E-state index in [4.69, 9.17) is 4.74 Å². The summed E-state index contributed by atoms with van der Waals surface area (Å²) in [5.74, 6) is 1.28.